The molecule has 0 spiro atoms. The molecule has 0 aliphatic carbocycles. The highest BCUT2D eigenvalue weighted by Crippen LogP contribution is 2.24. The Hall–Kier alpha value is -3.56. The first-order valence-corrected chi connectivity index (χ1v) is 8.72. The average Bonchev–Trinajstić information content (AvgIpc) is 3.31. The van der Waals surface area contributed by atoms with Crippen LogP contribution in [0.5, 0.6) is 5.75 Å². The number of aliphatic imine (C=N–C) groups is 1. The standard InChI is InChI=1S/C19H16F3N5O2/c1-12-10-28-18(24-12)25-14-4-2-13(3-5-14)17-23-11-27(26-17)15-6-8-16(9-7-15)29-19(20,21)22/h2-9,11-12H,10H2,1H3,(H,24,25)/t12-/m0/s1. The number of alkyl halides is 3. The van der Waals surface area contributed by atoms with Gasteiger partial charge in [0.15, 0.2) is 5.82 Å². The summed E-state index contributed by atoms with van der Waals surface area (Å²) in [6.45, 7) is 2.53. The number of benzene rings is 2. The summed E-state index contributed by atoms with van der Waals surface area (Å²) in [5.41, 5.74) is 2.16. The quantitative estimate of drug-likeness (QED) is 0.712. The van der Waals surface area contributed by atoms with Gasteiger partial charge in [-0.25, -0.2) is 14.7 Å². The van der Waals surface area contributed by atoms with Crippen LogP contribution in [0, 0.1) is 0 Å². The summed E-state index contributed by atoms with van der Waals surface area (Å²) in [5, 5.41) is 7.46. The number of halogens is 3. The maximum atomic E-state index is 12.2. The molecule has 0 bridgehead atoms. The molecule has 0 amide bonds. The Balaban J connectivity index is 1.45. The van der Waals surface area contributed by atoms with Crippen molar-refractivity contribution in [2.75, 3.05) is 11.9 Å². The van der Waals surface area contributed by atoms with Crippen LogP contribution >= 0.6 is 0 Å². The molecule has 3 aromatic rings. The van der Waals surface area contributed by atoms with E-state index in [4.69, 9.17) is 4.74 Å². The van der Waals surface area contributed by atoms with Crippen LogP contribution in [0.25, 0.3) is 17.1 Å². The van der Waals surface area contributed by atoms with Gasteiger partial charge in [-0.2, -0.15) is 0 Å². The summed E-state index contributed by atoms with van der Waals surface area (Å²) in [4.78, 5) is 8.57. The molecule has 29 heavy (non-hydrogen) atoms. The highest BCUT2D eigenvalue weighted by atomic mass is 19.4. The Kier molecular flexibility index (Phi) is 4.83. The van der Waals surface area contributed by atoms with E-state index in [-0.39, 0.29) is 11.8 Å². The molecule has 1 N–H and O–H groups in total. The van der Waals surface area contributed by atoms with E-state index in [1.54, 1.807) is 0 Å². The lowest BCUT2D eigenvalue weighted by Crippen LogP contribution is -2.17. The minimum Gasteiger partial charge on any atom is -0.463 e. The van der Waals surface area contributed by atoms with Crippen molar-refractivity contribution in [2.45, 2.75) is 19.3 Å². The summed E-state index contributed by atoms with van der Waals surface area (Å²) in [7, 11) is 0. The van der Waals surface area contributed by atoms with Crippen LogP contribution in [-0.2, 0) is 4.74 Å². The van der Waals surface area contributed by atoms with Crippen LogP contribution in [0.3, 0.4) is 0 Å². The van der Waals surface area contributed by atoms with Gasteiger partial charge in [0, 0.05) is 11.3 Å². The second kappa shape index (κ2) is 7.46. The Labute approximate surface area is 163 Å². The van der Waals surface area contributed by atoms with Crippen molar-refractivity contribution in [1.29, 1.82) is 0 Å². The predicted octanol–water partition coefficient (Wildman–Crippen LogP) is 4.02. The summed E-state index contributed by atoms with van der Waals surface area (Å²) < 4.78 is 47.5. The normalized spacial score (nSPS) is 16.3. The summed E-state index contributed by atoms with van der Waals surface area (Å²) in [6, 6.07) is 13.4. The van der Waals surface area contributed by atoms with E-state index in [9.17, 15) is 13.2 Å². The maximum absolute atomic E-state index is 12.2. The van der Waals surface area contributed by atoms with Crippen molar-refractivity contribution in [1.82, 2.24) is 14.8 Å². The third-order valence-corrected chi connectivity index (χ3v) is 4.02. The Morgan fingerprint density at radius 1 is 1.10 bits per heavy atom. The number of hydrogen-bond acceptors (Lipinski definition) is 6. The molecule has 1 aliphatic rings. The number of anilines is 1. The van der Waals surface area contributed by atoms with Crippen molar-refractivity contribution in [3.63, 3.8) is 0 Å². The van der Waals surface area contributed by atoms with E-state index in [0.29, 0.717) is 24.1 Å². The van der Waals surface area contributed by atoms with E-state index in [1.807, 2.05) is 31.2 Å². The van der Waals surface area contributed by atoms with Crippen molar-refractivity contribution >= 4 is 11.7 Å². The topological polar surface area (TPSA) is 73.6 Å². The molecule has 1 aromatic heterocycles. The van der Waals surface area contributed by atoms with Crippen molar-refractivity contribution in [3.05, 3.63) is 54.9 Å². The van der Waals surface area contributed by atoms with E-state index in [2.05, 4.69) is 25.1 Å². The summed E-state index contributed by atoms with van der Waals surface area (Å²) >= 11 is 0. The van der Waals surface area contributed by atoms with E-state index < -0.39 is 6.36 Å². The van der Waals surface area contributed by atoms with Crippen LogP contribution in [-0.4, -0.2) is 39.8 Å². The van der Waals surface area contributed by atoms with Gasteiger partial charge in [-0.1, -0.05) is 0 Å². The number of hydrogen-bond donors (Lipinski definition) is 1. The van der Waals surface area contributed by atoms with Crippen LogP contribution in [0.15, 0.2) is 59.9 Å². The molecule has 0 fully saturated rings. The van der Waals surface area contributed by atoms with Gasteiger partial charge in [0.1, 0.15) is 18.7 Å². The van der Waals surface area contributed by atoms with Crippen molar-refractivity contribution in [2.24, 2.45) is 4.99 Å². The van der Waals surface area contributed by atoms with Gasteiger partial charge in [0.25, 0.3) is 6.02 Å². The molecular formula is C19H16F3N5O2. The molecule has 1 atom stereocenters. The second-order valence-corrected chi connectivity index (χ2v) is 6.35. The lowest BCUT2D eigenvalue weighted by atomic mass is 10.2. The predicted molar refractivity (Wildman–Crippen MR) is 99.9 cm³/mol. The molecule has 0 saturated heterocycles. The summed E-state index contributed by atoms with van der Waals surface area (Å²) in [6.07, 6.45) is -3.23. The Morgan fingerprint density at radius 3 is 2.45 bits per heavy atom. The number of nitrogens with one attached hydrogen (secondary N) is 1. The number of amidine groups is 1. The molecule has 0 saturated carbocycles. The molecule has 2 heterocycles. The molecule has 2 aromatic carbocycles. The zero-order chi connectivity index (χ0) is 20.4. The Morgan fingerprint density at radius 2 is 1.83 bits per heavy atom. The molecule has 1 aliphatic heterocycles. The fourth-order valence-electron chi connectivity index (χ4n) is 2.69. The molecule has 4 rings (SSSR count). The van der Waals surface area contributed by atoms with Gasteiger partial charge in [-0.3, -0.25) is 0 Å². The highest BCUT2D eigenvalue weighted by molar-refractivity contribution is 5.90. The molecular weight excluding hydrogens is 387 g/mol. The Bertz CT molecular complexity index is 1010. The van der Waals surface area contributed by atoms with Gasteiger partial charge < -0.3 is 14.8 Å². The molecule has 150 valence electrons. The van der Waals surface area contributed by atoms with Crippen LogP contribution < -0.4 is 10.1 Å². The van der Waals surface area contributed by atoms with Gasteiger partial charge in [0.05, 0.1) is 11.7 Å². The highest BCUT2D eigenvalue weighted by Gasteiger charge is 2.31. The van der Waals surface area contributed by atoms with Gasteiger partial charge in [-0.15, -0.1) is 18.3 Å². The van der Waals surface area contributed by atoms with E-state index in [1.165, 1.54) is 35.3 Å². The molecule has 10 heteroatoms. The zero-order valence-electron chi connectivity index (χ0n) is 15.2. The lowest BCUT2D eigenvalue weighted by Gasteiger charge is -2.09. The first-order chi connectivity index (χ1) is 13.9. The number of ether oxygens (including phenoxy) is 2. The number of rotatable bonds is 4. The average molecular weight is 403 g/mol. The maximum Gasteiger partial charge on any atom is 0.573 e. The minimum absolute atomic E-state index is 0.138. The second-order valence-electron chi connectivity index (χ2n) is 6.35. The van der Waals surface area contributed by atoms with E-state index in [0.717, 1.165) is 11.3 Å². The fourth-order valence-corrected chi connectivity index (χ4v) is 2.69. The van der Waals surface area contributed by atoms with E-state index >= 15 is 0 Å². The van der Waals surface area contributed by atoms with Gasteiger partial charge in [0.2, 0.25) is 0 Å². The fraction of sp³-hybridized carbons (Fsp3) is 0.211. The first-order valence-electron chi connectivity index (χ1n) is 8.72. The molecule has 0 radical (unpaired) electrons. The monoisotopic (exact) mass is 403 g/mol. The number of aromatic nitrogens is 3. The first kappa shape index (κ1) is 18.8. The van der Waals surface area contributed by atoms with Gasteiger partial charge >= 0.3 is 6.36 Å². The van der Waals surface area contributed by atoms with Crippen molar-refractivity contribution in [3.8, 4) is 22.8 Å². The molecule has 0 unspecified atom stereocenters. The summed E-state index contributed by atoms with van der Waals surface area (Å²) in [5.74, 6) is 0.185. The van der Waals surface area contributed by atoms with Gasteiger partial charge in [-0.05, 0) is 55.5 Å². The third-order valence-electron chi connectivity index (χ3n) is 4.02. The van der Waals surface area contributed by atoms with Crippen LogP contribution in [0.4, 0.5) is 18.9 Å². The number of nitrogens with zero attached hydrogens (tertiary/aromatic N) is 4. The largest absolute Gasteiger partial charge is 0.573 e. The minimum atomic E-state index is -4.72. The lowest BCUT2D eigenvalue weighted by molar-refractivity contribution is -0.274. The van der Waals surface area contributed by atoms with Crippen molar-refractivity contribution < 1.29 is 22.6 Å². The van der Waals surface area contributed by atoms with Crippen LogP contribution in [0.1, 0.15) is 6.92 Å². The third kappa shape index (κ3) is 4.65. The SMILES string of the molecule is C[C@H]1COC(Nc2ccc(-c3ncn(-c4ccc(OC(F)(F)F)cc4)n3)cc2)=N1. The smallest absolute Gasteiger partial charge is 0.463 e. The van der Waals surface area contributed by atoms with Crippen LogP contribution in [0.2, 0.25) is 0 Å². The zero-order valence-corrected chi connectivity index (χ0v) is 15.2. The molecule has 7 nitrogen and oxygen atoms in total.